The van der Waals surface area contributed by atoms with Crippen molar-refractivity contribution < 1.29 is 22.3 Å². The van der Waals surface area contributed by atoms with Gasteiger partial charge in [0.2, 0.25) is 5.91 Å². The number of nitrogens with zero attached hydrogens (tertiary/aromatic N) is 1. The number of hydrogen-bond donors (Lipinski definition) is 0. The molecule has 2 heterocycles. The summed E-state index contributed by atoms with van der Waals surface area (Å²) in [5, 5.41) is 0. The zero-order valence-electron chi connectivity index (χ0n) is 11.4. The highest BCUT2D eigenvalue weighted by Crippen LogP contribution is 2.25. The predicted octanol–water partition coefficient (Wildman–Crippen LogP) is 0.850. The summed E-state index contributed by atoms with van der Waals surface area (Å²) >= 11 is 0. The first kappa shape index (κ1) is 14.3. The second-order valence-electron chi connectivity index (χ2n) is 5.54. The van der Waals surface area contributed by atoms with E-state index in [1.165, 1.54) is 12.1 Å². The third kappa shape index (κ3) is 3.18. The average Bonchev–Trinajstić information content (AvgIpc) is 2.75. The lowest BCUT2D eigenvalue weighted by atomic mass is 10.0. The molecule has 1 atom stereocenters. The first-order valence-electron chi connectivity index (χ1n) is 6.84. The third-order valence-electron chi connectivity index (χ3n) is 3.86. The number of carbonyl (C=O) groups excluding carboxylic acids is 1. The third-order valence-corrected chi connectivity index (χ3v) is 5.63. The molecule has 2 saturated heterocycles. The lowest BCUT2D eigenvalue weighted by molar-refractivity contribution is -0.143. The van der Waals surface area contributed by atoms with Crippen molar-refractivity contribution in [2.75, 3.05) is 24.6 Å². The van der Waals surface area contributed by atoms with Crippen molar-refractivity contribution in [2.45, 2.75) is 12.5 Å². The zero-order valence-corrected chi connectivity index (χ0v) is 12.2. The van der Waals surface area contributed by atoms with E-state index >= 15 is 0 Å². The minimum absolute atomic E-state index is 0.0359. The maximum Gasteiger partial charge on any atom is 0.227 e. The molecule has 0 saturated carbocycles. The van der Waals surface area contributed by atoms with Crippen molar-refractivity contribution in [3.63, 3.8) is 0 Å². The van der Waals surface area contributed by atoms with E-state index in [0.717, 1.165) is 0 Å². The Morgan fingerprint density at radius 3 is 2.48 bits per heavy atom. The van der Waals surface area contributed by atoms with Crippen molar-refractivity contribution in [1.82, 2.24) is 4.90 Å². The number of sulfone groups is 1. The van der Waals surface area contributed by atoms with E-state index in [1.54, 1.807) is 17.0 Å². The van der Waals surface area contributed by atoms with Crippen LogP contribution in [0.2, 0.25) is 0 Å². The van der Waals surface area contributed by atoms with E-state index in [-0.39, 0.29) is 29.3 Å². The Morgan fingerprint density at radius 2 is 1.90 bits per heavy atom. The van der Waals surface area contributed by atoms with Gasteiger partial charge in [-0.3, -0.25) is 4.79 Å². The molecule has 3 rings (SSSR count). The van der Waals surface area contributed by atoms with Crippen LogP contribution in [0, 0.1) is 11.7 Å². The number of carbonyl (C=O) groups is 1. The van der Waals surface area contributed by atoms with Crippen LogP contribution in [-0.4, -0.2) is 49.9 Å². The van der Waals surface area contributed by atoms with Crippen LogP contribution in [0.3, 0.4) is 0 Å². The van der Waals surface area contributed by atoms with Gasteiger partial charge in [-0.2, -0.15) is 0 Å². The number of amides is 1. The van der Waals surface area contributed by atoms with Crippen LogP contribution in [0.15, 0.2) is 24.3 Å². The molecule has 0 N–H and O–H groups in total. The summed E-state index contributed by atoms with van der Waals surface area (Å²) in [4.78, 5) is 13.7. The second kappa shape index (κ2) is 5.29. The Labute approximate surface area is 122 Å². The van der Waals surface area contributed by atoms with Crippen LogP contribution in [0.25, 0.3) is 0 Å². The van der Waals surface area contributed by atoms with Gasteiger partial charge in [0.1, 0.15) is 17.7 Å². The molecule has 114 valence electrons. The summed E-state index contributed by atoms with van der Waals surface area (Å²) in [6.07, 6.45) is 0.304. The Morgan fingerprint density at radius 1 is 1.24 bits per heavy atom. The SMILES string of the molecule is O=C([C@@H]1CCS(=O)(=O)C1)N1CC(Oc2ccc(F)cc2)C1. The molecule has 2 aliphatic heterocycles. The molecule has 5 nitrogen and oxygen atoms in total. The lowest BCUT2D eigenvalue weighted by Crippen LogP contribution is -2.57. The average molecular weight is 313 g/mol. The van der Waals surface area contributed by atoms with Crippen LogP contribution in [0.1, 0.15) is 6.42 Å². The van der Waals surface area contributed by atoms with E-state index in [2.05, 4.69) is 0 Å². The minimum Gasteiger partial charge on any atom is -0.487 e. The predicted molar refractivity (Wildman–Crippen MR) is 74.2 cm³/mol. The maximum atomic E-state index is 12.8. The number of rotatable bonds is 3. The van der Waals surface area contributed by atoms with Gasteiger partial charge in [-0.15, -0.1) is 0 Å². The first-order valence-corrected chi connectivity index (χ1v) is 8.66. The molecular weight excluding hydrogens is 297 g/mol. The van der Waals surface area contributed by atoms with Crippen molar-refractivity contribution in [2.24, 2.45) is 5.92 Å². The molecule has 1 aromatic carbocycles. The summed E-state index contributed by atoms with van der Waals surface area (Å²) in [6.45, 7) is 0.902. The minimum atomic E-state index is -3.04. The van der Waals surface area contributed by atoms with E-state index < -0.39 is 15.8 Å². The topological polar surface area (TPSA) is 63.7 Å². The van der Waals surface area contributed by atoms with Gasteiger partial charge in [0, 0.05) is 0 Å². The van der Waals surface area contributed by atoms with Crippen LogP contribution in [-0.2, 0) is 14.6 Å². The number of hydrogen-bond acceptors (Lipinski definition) is 4. The molecule has 0 unspecified atom stereocenters. The van der Waals surface area contributed by atoms with E-state index in [0.29, 0.717) is 25.3 Å². The van der Waals surface area contributed by atoms with Gasteiger partial charge < -0.3 is 9.64 Å². The summed E-state index contributed by atoms with van der Waals surface area (Å²) in [5.74, 6) is -0.192. The van der Waals surface area contributed by atoms with E-state index in [9.17, 15) is 17.6 Å². The molecule has 0 spiro atoms. The molecular formula is C14H16FNO4S. The van der Waals surface area contributed by atoms with Gasteiger partial charge in [0.15, 0.2) is 9.84 Å². The molecule has 1 amide bonds. The first-order chi connectivity index (χ1) is 9.93. The summed E-state index contributed by atoms with van der Waals surface area (Å²) in [7, 11) is -3.04. The molecule has 0 radical (unpaired) electrons. The number of likely N-dealkylation sites (tertiary alicyclic amines) is 1. The molecule has 2 aliphatic rings. The maximum absolute atomic E-state index is 12.8. The van der Waals surface area contributed by atoms with Crippen LogP contribution in [0.4, 0.5) is 4.39 Å². The normalized spacial score (nSPS) is 24.6. The molecule has 0 bridgehead atoms. The summed E-state index contributed by atoms with van der Waals surface area (Å²) < 4.78 is 41.1. The summed E-state index contributed by atoms with van der Waals surface area (Å²) in [6, 6.07) is 5.73. The van der Waals surface area contributed by atoms with Crippen LogP contribution in [0.5, 0.6) is 5.75 Å². The van der Waals surface area contributed by atoms with Crippen LogP contribution < -0.4 is 4.74 Å². The highest BCUT2D eigenvalue weighted by atomic mass is 32.2. The fourth-order valence-corrected chi connectivity index (χ4v) is 4.38. The lowest BCUT2D eigenvalue weighted by Gasteiger charge is -2.40. The second-order valence-corrected chi connectivity index (χ2v) is 7.77. The van der Waals surface area contributed by atoms with E-state index in [4.69, 9.17) is 4.74 Å². The van der Waals surface area contributed by atoms with Gasteiger partial charge in [0.25, 0.3) is 0 Å². The van der Waals surface area contributed by atoms with E-state index in [1.807, 2.05) is 0 Å². The van der Waals surface area contributed by atoms with Crippen LogP contribution >= 0.6 is 0 Å². The molecule has 7 heteroatoms. The smallest absolute Gasteiger partial charge is 0.227 e. The summed E-state index contributed by atoms with van der Waals surface area (Å²) in [5.41, 5.74) is 0. The highest BCUT2D eigenvalue weighted by molar-refractivity contribution is 7.91. The molecule has 21 heavy (non-hydrogen) atoms. The van der Waals surface area contributed by atoms with Gasteiger partial charge in [0.05, 0.1) is 30.5 Å². The van der Waals surface area contributed by atoms with Gasteiger partial charge >= 0.3 is 0 Å². The van der Waals surface area contributed by atoms with Gasteiger partial charge in [-0.25, -0.2) is 12.8 Å². The van der Waals surface area contributed by atoms with Crippen molar-refractivity contribution >= 4 is 15.7 Å². The highest BCUT2D eigenvalue weighted by Gasteiger charge is 2.40. The standard InChI is InChI=1S/C14H16FNO4S/c15-11-1-3-12(4-2-11)20-13-7-16(8-13)14(17)10-5-6-21(18,19)9-10/h1-4,10,13H,5-9H2/t10-/m1/s1. The molecule has 2 fully saturated rings. The number of ether oxygens (including phenoxy) is 1. The number of benzene rings is 1. The van der Waals surface area contributed by atoms with Gasteiger partial charge in [-0.1, -0.05) is 0 Å². The Bertz CT molecular complexity index is 637. The molecule has 0 aliphatic carbocycles. The fourth-order valence-electron chi connectivity index (χ4n) is 2.65. The number of halogens is 1. The Hall–Kier alpha value is -1.63. The Kier molecular flexibility index (Phi) is 3.61. The monoisotopic (exact) mass is 313 g/mol. The Balaban J connectivity index is 1.49. The largest absolute Gasteiger partial charge is 0.487 e. The quantitative estimate of drug-likeness (QED) is 0.830. The van der Waals surface area contributed by atoms with Gasteiger partial charge in [-0.05, 0) is 30.7 Å². The fraction of sp³-hybridized carbons (Fsp3) is 0.500. The van der Waals surface area contributed by atoms with Crippen molar-refractivity contribution in [1.29, 1.82) is 0 Å². The van der Waals surface area contributed by atoms with Crippen molar-refractivity contribution in [3.05, 3.63) is 30.1 Å². The molecule has 1 aromatic rings. The van der Waals surface area contributed by atoms with Crippen molar-refractivity contribution in [3.8, 4) is 5.75 Å². The zero-order chi connectivity index (χ0) is 15.0. The molecule has 0 aromatic heterocycles.